The lowest BCUT2D eigenvalue weighted by molar-refractivity contribution is -0.136. The number of hydrogen-bond donors (Lipinski definition) is 0. The Hall–Kier alpha value is -0.790. The van der Waals surface area contributed by atoms with Crippen molar-refractivity contribution in [3.8, 4) is 0 Å². The molecule has 0 saturated heterocycles. The van der Waals surface area contributed by atoms with Crippen LogP contribution in [0.1, 0.15) is 85.0 Å². The van der Waals surface area contributed by atoms with Crippen molar-refractivity contribution in [1.29, 1.82) is 0 Å². The maximum atomic E-state index is 11.5. The first kappa shape index (κ1) is 18.2. The summed E-state index contributed by atoms with van der Waals surface area (Å²) in [6.45, 7) is 6.25. The van der Waals surface area contributed by atoms with Gasteiger partial charge in [-0.1, -0.05) is 64.4 Å². The summed E-state index contributed by atoms with van der Waals surface area (Å²) < 4.78 is 4.78. The van der Waals surface area contributed by atoms with Crippen molar-refractivity contribution in [2.24, 2.45) is 0 Å². The number of hydrogen-bond acceptors (Lipinski definition) is 2. The molecular formula is C17H32O2. The van der Waals surface area contributed by atoms with E-state index in [1.165, 1.54) is 64.0 Å². The lowest BCUT2D eigenvalue weighted by Crippen LogP contribution is -2.05. The van der Waals surface area contributed by atoms with Crippen LogP contribution in [0.5, 0.6) is 0 Å². The molecule has 112 valence electrons. The fourth-order valence-corrected chi connectivity index (χ4v) is 2.40. The first-order valence-corrected chi connectivity index (χ1v) is 7.94. The van der Waals surface area contributed by atoms with Gasteiger partial charge in [-0.3, -0.25) is 0 Å². The van der Waals surface area contributed by atoms with E-state index in [-0.39, 0.29) is 5.97 Å². The monoisotopic (exact) mass is 268 g/mol. The Bertz CT molecular complexity index is 266. The summed E-state index contributed by atoms with van der Waals surface area (Å²) in [6, 6.07) is 0. The standard InChI is InChI=1S/C17H32O2/c1-5-7-8-9-10-11-12-13-14-16(6-2)15(3)17(18)19-4/h5-14H2,1-4H3. The fraction of sp³-hybridized carbons (Fsp3) is 0.824. The molecule has 0 spiro atoms. The van der Waals surface area contributed by atoms with Gasteiger partial charge < -0.3 is 4.74 Å². The number of methoxy groups -OCH3 is 1. The summed E-state index contributed by atoms with van der Waals surface area (Å²) >= 11 is 0. The minimum absolute atomic E-state index is 0.170. The summed E-state index contributed by atoms with van der Waals surface area (Å²) in [4.78, 5) is 11.5. The molecule has 0 aliphatic heterocycles. The zero-order chi connectivity index (χ0) is 14.5. The van der Waals surface area contributed by atoms with Gasteiger partial charge in [0.05, 0.1) is 7.11 Å². The molecule has 2 heteroatoms. The van der Waals surface area contributed by atoms with E-state index in [1.54, 1.807) is 0 Å². The van der Waals surface area contributed by atoms with Crippen LogP contribution in [0.4, 0.5) is 0 Å². The molecule has 0 aromatic rings. The molecule has 0 rings (SSSR count). The molecule has 2 nitrogen and oxygen atoms in total. The van der Waals surface area contributed by atoms with Gasteiger partial charge in [0, 0.05) is 5.57 Å². The molecule has 0 bridgehead atoms. The van der Waals surface area contributed by atoms with Crippen LogP contribution < -0.4 is 0 Å². The van der Waals surface area contributed by atoms with E-state index < -0.39 is 0 Å². The van der Waals surface area contributed by atoms with Crippen molar-refractivity contribution >= 4 is 5.97 Å². The Kier molecular flexibility index (Phi) is 11.7. The number of rotatable bonds is 11. The summed E-state index contributed by atoms with van der Waals surface area (Å²) in [5.74, 6) is -0.170. The van der Waals surface area contributed by atoms with Crippen molar-refractivity contribution in [3.63, 3.8) is 0 Å². The van der Waals surface area contributed by atoms with E-state index >= 15 is 0 Å². The van der Waals surface area contributed by atoms with Gasteiger partial charge in [-0.15, -0.1) is 0 Å². The number of allylic oxidation sites excluding steroid dienone is 1. The largest absolute Gasteiger partial charge is 0.466 e. The predicted octanol–water partition coefficient (Wildman–Crippen LogP) is 5.42. The SMILES string of the molecule is CCCCCCCCCCC(CC)=C(C)C(=O)OC. The number of esters is 1. The second kappa shape index (κ2) is 12.3. The minimum atomic E-state index is -0.170. The third kappa shape index (κ3) is 8.85. The highest BCUT2D eigenvalue weighted by molar-refractivity contribution is 5.88. The van der Waals surface area contributed by atoms with Crippen LogP contribution in [0.3, 0.4) is 0 Å². The number of carbonyl (C=O) groups is 1. The molecule has 0 heterocycles. The molecule has 0 fully saturated rings. The van der Waals surface area contributed by atoms with Gasteiger partial charge in [0.2, 0.25) is 0 Å². The van der Waals surface area contributed by atoms with Crippen molar-refractivity contribution in [2.75, 3.05) is 7.11 Å². The highest BCUT2D eigenvalue weighted by Crippen LogP contribution is 2.18. The highest BCUT2D eigenvalue weighted by atomic mass is 16.5. The predicted molar refractivity (Wildman–Crippen MR) is 82.2 cm³/mol. The zero-order valence-electron chi connectivity index (χ0n) is 13.4. The lowest BCUT2D eigenvalue weighted by Gasteiger charge is -2.09. The van der Waals surface area contributed by atoms with Gasteiger partial charge in [0.1, 0.15) is 0 Å². The topological polar surface area (TPSA) is 26.3 Å². The Labute approximate surface area is 119 Å². The first-order valence-electron chi connectivity index (χ1n) is 7.94. The maximum absolute atomic E-state index is 11.5. The zero-order valence-corrected chi connectivity index (χ0v) is 13.4. The van der Waals surface area contributed by atoms with Crippen molar-refractivity contribution in [3.05, 3.63) is 11.1 Å². The Balaban J connectivity index is 3.76. The molecule has 0 N–H and O–H groups in total. The van der Waals surface area contributed by atoms with Gasteiger partial charge in [-0.2, -0.15) is 0 Å². The second-order valence-corrected chi connectivity index (χ2v) is 5.30. The van der Waals surface area contributed by atoms with Crippen LogP contribution in [0, 0.1) is 0 Å². The van der Waals surface area contributed by atoms with Gasteiger partial charge in [-0.05, 0) is 26.2 Å². The van der Waals surface area contributed by atoms with Crippen LogP contribution >= 0.6 is 0 Å². The highest BCUT2D eigenvalue weighted by Gasteiger charge is 2.09. The molecule has 0 aliphatic rings. The molecule has 19 heavy (non-hydrogen) atoms. The maximum Gasteiger partial charge on any atom is 0.333 e. The lowest BCUT2D eigenvalue weighted by atomic mass is 9.99. The quantitative estimate of drug-likeness (QED) is 0.284. The molecular weight excluding hydrogens is 236 g/mol. The summed E-state index contributed by atoms with van der Waals surface area (Å²) in [5.41, 5.74) is 2.07. The fourth-order valence-electron chi connectivity index (χ4n) is 2.40. The molecule has 0 aliphatic carbocycles. The first-order chi connectivity index (χ1) is 9.17. The van der Waals surface area contributed by atoms with E-state index in [0.717, 1.165) is 18.4 Å². The molecule has 0 radical (unpaired) electrons. The Morgan fingerprint density at radius 3 is 1.89 bits per heavy atom. The van der Waals surface area contributed by atoms with Crippen LogP contribution in [0.15, 0.2) is 11.1 Å². The van der Waals surface area contributed by atoms with Crippen LogP contribution in [-0.2, 0) is 9.53 Å². The molecule has 0 saturated carbocycles. The Morgan fingerprint density at radius 1 is 0.895 bits per heavy atom. The molecule has 0 aromatic heterocycles. The van der Waals surface area contributed by atoms with E-state index in [9.17, 15) is 4.79 Å². The number of ether oxygens (including phenoxy) is 1. The summed E-state index contributed by atoms with van der Waals surface area (Å²) in [6.07, 6.45) is 12.6. The average molecular weight is 268 g/mol. The van der Waals surface area contributed by atoms with Crippen molar-refractivity contribution in [2.45, 2.75) is 85.0 Å². The van der Waals surface area contributed by atoms with Gasteiger partial charge in [0.15, 0.2) is 0 Å². The van der Waals surface area contributed by atoms with Gasteiger partial charge in [0.25, 0.3) is 0 Å². The van der Waals surface area contributed by atoms with E-state index in [1.807, 2.05) is 6.92 Å². The third-order valence-corrected chi connectivity index (χ3v) is 3.78. The number of unbranched alkanes of at least 4 members (excludes halogenated alkanes) is 7. The Morgan fingerprint density at radius 2 is 1.42 bits per heavy atom. The average Bonchev–Trinajstić information content (AvgIpc) is 2.44. The molecule has 0 aromatic carbocycles. The van der Waals surface area contributed by atoms with Gasteiger partial charge >= 0.3 is 5.97 Å². The van der Waals surface area contributed by atoms with E-state index in [0.29, 0.717) is 0 Å². The molecule has 0 atom stereocenters. The van der Waals surface area contributed by atoms with Crippen LogP contribution in [0.25, 0.3) is 0 Å². The summed E-state index contributed by atoms with van der Waals surface area (Å²) in [7, 11) is 1.45. The number of carbonyl (C=O) groups excluding carboxylic acids is 1. The van der Waals surface area contributed by atoms with E-state index in [4.69, 9.17) is 4.74 Å². The molecule has 0 unspecified atom stereocenters. The van der Waals surface area contributed by atoms with Crippen molar-refractivity contribution < 1.29 is 9.53 Å². The van der Waals surface area contributed by atoms with E-state index in [2.05, 4.69) is 13.8 Å². The van der Waals surface area contributed by atoms with Gasteiger partial charge in [-0.25, -0.2) is 4.79 Å². The minimum Gasteiger partial charge on any atom is -0.466 e. The normalized spacial score (nSPS) is 12.2. The van der Waals surface area contributed by atoms with Crippen LogP contribution in [-0.4, -0.2) is 13.1 Å². The summed E-state index contributed by atoms with van der Waals surface area (Å²) in [5, 5.41) is 0. The van der Waals surface area contributed by atoms with Crippen LogP contribution in [0.2, 0.25) is 0 Å². The second-order valence-electron chi connectivity index (χ2n) is 5.30. The van der Waals surface area contributed by atoms with Crippen molar-refractivity contribution in [1.82, 2.24) is 0 Å². The third-order valence-electron chi connectivity index (χ3n) is 3.78. The molecule has 0 amide bonds. The smallest absolute Gasteiger partial charge is 0.333 e.